The molecule has 0 unspecified atom stereocenters. The Morgan fingerprint density at radius 3 is 2.71 bits per heavy atom. The molecule has 0 radical (unpaired) electrons. The molecule has 10 heteroatoms. The molecule has 0 saturated heterocycles. The number of rotatable bonds is 8. The van der Waals surface area contributed by atoms with E-state index in [0.717, 1.165) is 11.0 Å². The van der Waals surface area contributed by atoms with Crippen molar-refractivity contribution >= 4 is 56.6 Å². The maximum Gasteiger partial charge on any atom is 0.322 e. The molecule has 1 aromatic carbocycles. The second-order valence-corrected chi connectivity index (χ2v) is 8.30. The number of nitrogens with one attached hydrogen (secondary N) is 1. The topological polar surface area (TPSA) is 113 Å². The van der Waals surface area contributed by atoms with Gasteiger partial charge in [-0.25, -0.2) is 4.98 Å². The minimum Gasteiger partial charge on any atom is -0.480 e. The predicted octanol–water partition coefficient (Wildman–Crippen LogP) is 3.86. The molecule has 31 heavy (non-hydrogen) atoms. The molecule has 4 rings (SSSR count). The molecule has 4 aromatic rings. The first-order valence-corrected chi connectivity index (χ1v) is 11.1. The summed E-state index contributed by atoms with van der Waals surface area (Å²) >= 11 is 2.57. The van der Waals surface area contributed by atoms with Crippen LogP contribution in [0.25, 0.3) is 22.4 Å². The number of aliphatic carboxylic acids is 1. The van der Waals surface area contributed by atoms with Gasteiger partial charge in [-0.3, -0.25) is 19.3 Å². The fraction of sp³-hybridized carbons (Fsp3) is 0.143. The summed E-state index contributed by atoms with van der Waals surface area (Å²) in [5, 5.41) is 16.0. The van der Waals surface area contributed by atoms with Gasteiger partial charge in [0.2, 0.25) is 5.91 Å². The van der Waals surface area contributed by atoms with E-state index in [1.165, 1.54) is 27.6 Å². The first kappa shape index (κ1) is 20.8. The van der Waals surface area contributed by atoms with Crippen molar-refractivity contribution < 1.29 is 23.9 Å². The lowest BCUT2D eigenvalue weighted by Gasteiger charge is -2.18. The zero-order valence-electron chi connectivity index (χ0n) is 16.1. The van der Waals surface area contributed by atoms with Gasteiger partial charge in [0.15, 0.2) is 10.9 Å². The smallest absolute Gasteiger partial charge is 0.322 e. The van der Waals surface area contributed by atoms with Gasteiger partial charge in [0, 0.05) is 23.7 Å². The van der Waals surface area contributed by atoms with E-state index < -0.39 is 18.4 Å². The number of furan rings is 1. The minimum atomic E-state index is -1.13. The average molecular weight is 456 g/mol. The van der Waals surface area contributed by atoms with Crippen LogP contribution in [0.1, 0.15) is 16.1 Å². The number of thiophene rings is 1. The quantitative estimate of drug-likeness (QED) is 0.417. The number of nitrogens with zero attached hydrogens (tertiary/aromatic N) is 2. The zero-order chi connectivity index (χ0) is 21.8. The maximum atomic E-state index is 13.0. The Morgan fingerprint density at radius 2 is 1.97 bits per heavy atom. The highest BCUT2D eigenvalue weighted by molar-refractivity contribution is 7.14. The van der Waals surface area contributed by atoms with Crippen molar-refractivity contribution in [2.75, 3.05) is 18.0 Å². The summed E-state index contributed by atoms with van der Waals surface area (Å²) < 4.78 is 5.86. The molecule has 0 saturated carbocycles. The summed E-state index contributed by atoms with van der Waals surface area (Å²) in [6, 6.07) is 13.0. The van der Waals surface area contributed by atoms with Crippen molar-refractivity contribution in [3.8, 4) is 11.5 Å². The van der Waals surface area contributed by atoms with Crippen molar-refractivity contribution in [2.24, 2.45) is 0 Å². The van der Waals surface area contributed by atoms with Gasteiger partial charge in [-0.1, -0.05) is 24.3 Å². The molecule has 0 bridgehead atoms. The SMILES string of the molecule is O=C(O)CNC(=O)CCN(C(=O)c1cccs1)c1nc(-c2cc3ccccc3o2)cs1. The van der Waals surface area contributed by atoms with E-state index in [-0.39, 0.29) is 18.9 Å². The largest absolute Gasteiger partial charge is 0.480 e. The Morgan fingerprint density at radius 1 is 1.13 bits per heavy atom. The number of para-hydroxylation sites is 1. The summed E-state index contributed by atoms with van der Waals surface area (Å²) in [7, 11) is 0. The molecule has 2 N–H and O–H groups in total. The van der Waals surface area contributed by atoms with E-state index in [4.69, 9.17) is 9.52 Å². The number of hydrogen-bond donors (Lipinski definition) is 2. The predicted molar refractivity (Wildman–Crippen MR) is 119 cm³/mol. The lowest BCUT2D eigenvalue weighted by Crippen LogP contribution is -2.36. The molecule has 0 aliphatic carbocycles. The Hall–Kier alpha value is -3.50. The summed E-state index contributed by atoms with van der Waals surface area (Å²) in [5.74, 6) is -1.27. The van der Waals surface area contributed by atoms with Gasteiger partial charge in [-0.15, -0.1) is 22.7 Å². The van der Waals surface area contributed by atoms with E-state index in [1.54, 1.807) is 22.9 Å². The van der Waals surface area contributed by atoms with E-state index in [9.17, 15) is 14.4 Å². The van der Waals surface area contributed by atoms with E-state index in [2.05, 4.69) is 10.3 Å². The number of carbonyl (C=O) groups excluding carboxylic acids is 2. The molecule has 0 spiro atoms. The molecule has 8 nitrogen and oxygen atoms in total. The fourth-order valence-electron chi connectivity index (χ4n) is 2.90. The van der Waals surface area contributed by atoms with Crippen molar-refractivity contribution in [3.05, 3.63) is 58.1 Å². The molecular weight excluding hydrogens is 438 g/mol. The summed E-state index contributed by atoms with van der Waals surface area (Å²) in [6.45, 7) is -0.402. The van der Waals surface area contributed by atoms with Gasteiger partial charge in [-0.05, 0) is 23.6 Å². The van der Waals surface area contributed by atoms with Crippen LogP contribution < -0.4 is 10.2 Å². The number of benzene rings is 1. The second-order valence-electron chi connectivity index (χ2n) is 6.52. The van der Waals surface area contributed by atoms with Crippen molar-refractivity contribution in [1.29, 1.82) is 0 Å². The standard InChI is InChI=1S/C21H17N3O5S2/c25-18(22-11-19(26)27)7-8-24(20(28)17-6-3-9-30-17)21-23-14(12-31-21)16-10-13-4-1-2-5-15(13)29-16/h1-6,9-10,12H,7-8,11H2,(H,22,25)(H,26,27). The molecule has 0 aliphatic heterocycles. The zero-order valence-corrected chi connectivity index (χ0v) is 17.7. The lowest BCUT2D eigenvalue weighted by molar-refractivity contribution is -0.137. The van der Waals surface area contributed by atoms with Crippen molar-refractivity contribution in [3.63, 3.8) is 0 Å². The first-order chi connectivity index (χ1) is 15.0. The summed E-state index contributed by atoms with van der Waals surface area (Å²) in [5.41, 5.74) is 1.34. The second kappa shape index (κ2) is 9.11. The summed E-state index contributed by atoms with van der Waals surface area (Å²) in [6.07, 6.45) is -0.0516. The highest BCUT2D eigenvalue weighted by Gasteiger charge is 2.23. The molecular formula is C21H17N3O5S2. The van der Waals surface area contributed by atoms with Gasteiger partial charge in [0.1, 0.15) is 17.8 Å². The Labute approximate surface area is 184 Å². The maximum absolute atomic E-state index is 13.0. The number of carbonyl (C=O) groups is 3. The summed E-state index contributed by atoms with van der Waals surface area (Å²) in [4.78, 5) is 42.2. The number of thiazole rings is 1. The number of aromatic nitrogens is 1. The van der Waals surface area contributed by atoms with Crippen LogP contribution in [0.4, 0.5) is 5.13 Å². The average Bonchev–Trinajstić information content (AvgIpc) is 3.52. The van der Waals surface area contributed by atoms with Gasteiger partial charge in [0.05, 0.1) is 4.88 Å². The minimum absolute atomic E-state index is 0.0516. The van der Waals surface area contributed by atoms with Crippen LogP contribution in [0.15, 0.2) is 57.6 Å². The van der Waals surface area contributed by atoms with E-state index in [1.807, 2.05) is 30.3 Å². The van der Waals surface area contributed by atoms with Crippen LogP contribution in [0.3, 0.4) is 0 Å². The highest BCUT2D eigenvalue weighted by atomic mass is 32.1. The number of carboxylic acid groups (broad SMARTS) is 1. The number of hydrogen-bond acceptors (Lipinski definition) is 7. The van der Waals surface area contributed by atoms with Crippen LogP contribution >= 0.6 is 22.7 Å². The lowest BCUT2D eigenvalue weighted by atomic mass is 10.2. The molecule has 3 aromatic heterocycles. The number of amides is 2. The third kappa shape index (κ3) is 4.81. The van der Waals surface area contributed by atoms with Gasteiger partial charge < -0.3 is 14.8 Å². The Bertz CT molecular complexity index is 1200. The van der Waals surface area contributed by atoms with Crippen LogP contribution in [-0.2, 0) is 9.59 Å². The molecule has 2 amide bonds. The number of carboxylic acids is 1. The third-order valence-electron chi connectivity index (χ3n) is 4.38. The van der Waals surface area contributed by atoms with Crippen molar-refractivity contribution in [1.82, 2.24) is 10.3 Å². The molecule has 3 heterocycles. The third-order valence-corrected chi connectivity index (χ3v) is 6.10. The van der Waals surface area contributed by atoms with Crippen LogP contribution in [-0.4, -0.2) is 41.0 Å². The number of anilines is 1. The van der Waals surface area contributed by atoms with Gasteiger partial charge >= 0.3 is 5.97 Å². The first-order valence-electron chi connectivity index (χ1n) is 9.29. The van der Waals surface area contributed by atoms with E-state index >= 15 is 0 Å². The van der Waals surface area contributed by atoms with Crippen LogP contribution in [0, 0.1) is 0 Å². The number of fused-ring (bicyclic) bond motifs is 1. The Kier molecular flexibility index (Phi) is 6.10. The highest BCUT2D eigenvalue weighted by Crippen LogP contribution is 2.32. The van der Waals surface area contributed by atoms with Crippen molar-refractivity contribution in [2.45, 2.75) is 6.42 Å². The molecule has 158 valence electrons. The molecule has 0 atom stereocenters. The van der Waals surface area contributed by atoms with E-state index in [0.29, 0.717) is 21.5 Å². The Balaban J connectivity index is 1.57. The fourth-order valence-corrected chi connectivity index (χ4v) is 4.41. The molecule has 0 aliphatic rings. The van der Waals surface area contributed by atoms with Crippen LogP contribution in [0.2, 0.25) is 0 Å². The monoisotopic (exact) mass is 455 g/mol. The van der Waals surface area contributed by atoms with Crippen LogP contribution in [0.5, 0.6) is 0 Å². The molecule has 0 fully saturated rings. The van der Waals surface area contributed by atoms with Gasteiger partial charge in [0.25, 0.3) is 5.91 Å². The van der Waals surface area contributed by atoms with Gasteiger partial charge in [-0.2, -0.15) is 0 Å². The normalized spacial score (nSPS) is 10.8.